The summed E-state index contributed by atoms with van der Waals surface area (Å²) < 4.78 is 43.0. The standard InChI is InChI=1S/C10H8F3NO.C2H4O2/c11-6-2-7(12)10(8(13)3-6)5-1-9(15)14-4-5;1-4-2-3/h2-3,5H,1,4H2,(H,14,15);2H,1H3/t5-;/m0./s1. The van der Waals surface area contributed by atoms with Crippen LogP contribution in [0, 0.1) is 17.5 Å². The molecular formula is C12H12F3NO3. The molecule has 1 aliphatic heterocycles. The van der Waals surface area contributed by atoms with Gasteiger partial charge in [-0.05, 0) is 0 Å². The monoisotopic (exact) mass is 275 g/mol. The van der Waals surface area contributed by atoms with Crippen LogP contribution in [-0.2, 0) is 14.3 Å². The number of nitrogens with one attached hydrogen (secondary N) is 1. The van der Waals surface area contributed by atoms with Crippen molar-refractivity contribution < 1.29 is 27.5 Å². The first-order valence-corrected chi connectivity index (χ1v) is 5.37. The number of amides is 1. The van der Waals surface area contributed by atoms with Gasteiger partial charge < -0.3 is 10.1 Å². The summed E-state index contributed by atoms with van der Waals surface area (Å²) in [5.41, 5.74) is -0.213. The molecule has 1 aliphatic rings. The smallest absolute Gasteiger partial charge is 0.292 e. The quantitative estimate of drug-likeness (QED) is 0.832. The van der Waals surface area contributed by atoms with Crippen molar-refractivity contribution in [1.82, 2.24) is 5.32 Å². The zero-order chi connectivity index (χ0) is 14.4. The molecule has 19 heavy (non-hydrogen) atoms. The van der Waals surface area contributed by atoms with Crippen molar-refractivity contribution in [2.45, 2.75) is 12.3 Å². The number of rotatable bonds is 2. The molecule has 0 spiro atoms. The topological polar surface area (TPSA) is 55.4 Å². The van der Waals surface area contributed by atoms with Gasteiger partial charge in [0.15, 0.2) is 0 Å². The van der Waals surface area contributed by atoms with E-state index in [1.165, 1.54) is 7.11 Å². The molecule has 1 aromatic rings. The van der Waals surface area contributed by atoms with E-state index in [4.69, 9.17) is 4.79 Å². The van der Waals surface area contributed by atoms with E-state index in [1.54, 1.807) is 0 Å². The van der Waals surface area contributed by atoms with Gasteiger partial charge in [-0.1, -0.05) is 0 Å². The lowest BCUT2D eigenvalue weighted by Gasteiger charge is -2.10. The molecule has 1 atom stereocenters. The molecule has 1 aromatic carbocycles. The Bertz CT molecular complexity index is 456. The zero-order valence-corrected chi connectivity index (χ0v) is 10.1. The fourth-order valence-corrected chi connectivity index (χ4v) is 1.75. The predicted octanol–water partition coefficient (Wildman–Crippen LogP) is 1.50. The second kappa shape index (κ2) is 6.77. The van der Waals surface area contributed by atoms with Crippen LogP contribution in [0.1, 0.15) is 17.9 Å². The van der Waals surface area contributed by atoms with E-state index in [-0.39, 0.29) is 24.4 Å². The summed E-state index contributed by atoms with van der Waals surface area (Å²) in [4.78, 5) is 19.8. The largest absolute Gasteiger partial charge is 0.471 e. The maximum absolute atomic E-state index is 13.3. The molecular weight excluding hydrogens is 263 g/mol. The molecule has 2 rings (SSSR count). The Hall–Kier alpha value is -2.05. The van der Waals surface area contributed by atoms with Gasteiger partial charge in [0, 0.05) is 36.6 Å². The fourth-order valence-electron chi connectivity index (χ4n) is 1.75. The number of ether oxygens (including phenoxy) is 1. The van der Waals surface area contributed by atoms with E-state index in [2.05, 4.69) is 10.1 Å². The van der Waals surface area contributed by atoms with Crippen molar-refractivity contribution in [3.63, 3.8) is 0 Å². The van der Waals surface area contributed by atoms with E-state index in [0.717, 1.165) is 0 Å². The number of halogens is 3. The number of hydrogen-bond acceptors (Lipinski definition) is 3. The lowest BCUT2D eigenvalue weighted by molar-refractivity contribution is -0.126. The number of carbonyl (C=O) groups is 2. The van der Waals surface area contributed by atoms with E-state index in [9.17, 15) is 18.0 Å². The van der Waals surface area contributed by atoms with Gasteiger partial charge in [-0.2, -0.15) is 0 Å². The van der Waals surface area contributed by atoms with Crippen LogP contribution in [-0.4, -0.2) is 26.0 Å². The van der Waals surface area contributed by atoms with Crippen molar-refractivity contribution in [1.29, 1.82) is 0 Å². The molecule has 0 saturated carbocycles. The third-order valence-corrected chi connectivity index (χ3v) is 2.53. The van der Waals surface area contributed by atoms with Crippen LogP contribution in [0.25, 0.3) is 0 Å². The molecule has 1 N–H and O–H groups in total. The summed E-state index contributed by atoms with van der Waals surface area (Å²) in [5, 5.41) is 2.47. The van der Waals surface area contributed by atoms with Crippen LogP contribution in [0.15, 0.2) is 12.1 Å². The average molecular weight is 275 g/mol. The van der Waals surface area contributed by atoms with Crippen molar-refractivity contribution in [2.24, 2.45) is 0 Å². The highest BCUT2D eigenvalue weighted by Gasteiger charge is 2.28. The SMILES string of the molecule is COC=O.O=C1C[C@H](c2c(F)cc(F)cc2F)CN1. The van der Waals surface area contributed by atoms with Crippen molar-refractivity contribution in [3.05, 3.63) is 35.1 Å². The second-order valence-corrected chi connectivity index (χ2v) is 3.82. The molecule has 0 radical (unpaired) electrons. The van der Waals surface area contributed by atoms with E-state index < -0.39 is 23.4 Å². The maximum atomic E-state index is 13.3. The Morgan fingerprint density at radius 1 is 1.32 bits per heavy atom. The lowest BCUT2D eigenvalue weighted by atomic mass is 9.97. The third-order valence-electron chi connectivity index (χ3n) is 2.53. The van der Waals surface area contributed by atoms with Gasteiger partial charge >= 0.3 is 0 Å². The highest BCUT2D eigenvalue weighted by Crippen LogP contribution is 2.28. The Kier molecular flexibility index (Phi) is 5.35. The fraction of sp³-hybridized carbons (Fsp3) is 0.333. The average Bonchev–Trinajstić information content (AvgIpc) is 2.74. The first-order valence-electron chi connectivity index (χ1n) is 5.37. The first kappa shape index (κ1) is 15.0. The molecule has 0 aromatic heterocycles. The molecule has 1 amide bonds. The molecule has 1 saturated heterocycles. The minimum Gasteiger partial charge on any atom is -0.471 e. The van der Waals surface area contributed by atoms with Crippen LogP contribution in [0.4, 0.5) is 13.2 Å². The summed E-state index contributed by atoms with van der Waals surface area (Å²) in [6, 6.07) is 1.25. The van der Waals surface area contributed by atoms with Crippen LogP contribution >= 0.6 is 0 Å². The van der Waals surface area contributed by atoms with Gasteiger partial charge in [0.05, 0.1) is 7.11 Å². The Morgan fingerprint density at radius 2 is 1.84 bits per heavy atom. The van der Waals surface area contributed by atoms with Gasteiger partial charge in [0.1, 0.15) is 17.5 Å². The highest BCUT2D eigenvalue weighted by molar-refractivity contribution is 5.79. The van der Waals surface area contributed by atoms with E-state index in [1.807, 2.05) is 0 Å². The number of methoxy groups -OCH3 is 1. The third kappa shape index (κ3) is 3.97. The minimum absolute atomic E-state index is 0.0411. The summed E-state index contributed by atoms with van der Waals surface area (Å²) in [6.45, 7) is 0.568. The first-order chi connectivity index (χ1) is 8.99. The maximum Gasteiger partial charge on any atom is 0.292 e. The molecule has 4 nitrogen and oxygen atoms in total. The predicted molar refractivity (Wildman–Crippen MR) is 59.8 cm³/mol. The second-order valence-electron chi connectivity index (χ2n) is 3.82. The molecule has 0 bridgehead atoms. The van der Waals surface area contributed by atoms with Gasteiger partial charge in [0.25, 0.3) is 6.47 Å². The minimum atomic E-state index is -0.953. The van der Waals surface area contributed by atoms with Crippen LogP contribution in [0.3, 0.4) is 0 Å². The molecule has 1 heterocycles. The molecule has 7 heteroatoms. The number of benzene rings is 1. The Balaban J connectivity index is 0.000000399. The normalized spacial score (nSPS) is 17.3. The van der Waals surface area contributed by atoms with Gasteiger partial charge in [0.2, 0.25) is 5.91 Å². The van der Waals surface area contributed by atoms with Crippen LogP contribution in [0.2, 0.25) is 0 Å². The summed E-state index contributed by atoms with van der Waals surface area (Å²) in [5.74, 6) is -3.62. The Morgan fingerprint density at radius 3 is 2.21 bits per heavy atom. The summed E-state index contributed by atoms with van der Waals surface area (Å²) in [7, 11) is 1.31. The molecule has 1 fully saturated rings. The molecule has 0 unspecified atom stereocenters. The van der Waals surface area contributed by atoms with E-state index >= 15 is 0 Å². The molecule has 104 valence electrons. The zero-order valence-electron chi connectivity index (χ0n) is 10.1. The van der Waals surface area contributed by atoms with Crippen molar-refractivity contribution in [3.8, 4) is 0 Å². The summed E-state index contributed by atoms with van der Waals surface area (Å²) >= 11 is 0. The lowest BCUT2D eigenvalue weighted by Crippen LogP contribution is -2.14. The number of carbonyl (C=O) groups excluding carboxylic acids is 2. The van der Waals surface area contributed by atoms with Crippen molar-refractivity contribution in [2.75, 3.05) is 13.7 Å². The Labute approximate surface area is 107 Å². The highest BCUT2D eigenvalue weighted by atomic mass is 19.1. The summed E-state index contributed by atoms with van der Waals surface area (Å²) in [6.07, 6.45) is 0.0411. The van der Waals surface area contributed by atoms with E-state index in [0.29, 0.717) is 18.6 Å². The van der Waals surface area contributed by atoms with Gasteiger partial charge in [-0.3, -0.25) is 9.59 Å². The van der Waals surface area contributed by atoms with Crippen LogP contribution in [0.5, 0.6) is 0 Å². The molecule has 0 aliphatic carbocycles. The van der Waals surface area contributed by atoms with Gasteiger partial charge in [-0.25, -0.2) is 13.2 Å². The van der Waals surface area contributed by atoms with Gasteiger partial charge in [-0.15, -0.1) is 0 Å². The number of hydrogen-bond donors (Lipinski definition) is 1. The van der Waals surface area contributed by atoms with Crippen LogP contribution < -0.4 is 5.32 Å². The van der Waals surface area contributed by atoms with Crippen molar-refractivity contribution >= 4 is 12.4 Å².